The Hall–Kier alpha value is -0.860. The van der Waals surface area contributed by atoms with E-state index < -0.39 is 0 Å². The van der Waals surface area contributed by atoms with Gasteiger partial charge in [0, 0.05) is 7.11 Å². The molecule has 0 aliphatic rings. The molecule has 0 spiro atoms. The molecule has 0 radical (unpaired) electrons. The van der Waals surface area contributed by atoms with E-state index in [-0.39, 0.29) is 11.6 Å². The molecular formula is C14H23NO. The van der Waals surface area contributed by atoms with Crippen molar-refractivity contribution in [2.24, 2.45) is 5.73 Å². The van der Waals surface area contributed by atoms with E-state index in [1.54, 1.807) is 7.11 Å². The minimum Gasteiger partial charge on any atom is -0.377 e. The van der Waals surface area contributed by atoms with Gasteiger partial charge in [-0.05, 0) is 30.9 Å². The molecule has 0 fully saturated rings. The van der Waals surface area contributed by atoms with Gasteiger partial charge in [0.05, 0.1) is 11.6 Å². The van der Waals surface area contributed by atoms with Crippen LogP contribution in [-0.4, -0.2) is 12.7 Å². The quantitative estimate of drug-likeness (QED) is 0.829. The first-order valence-electron chi connectivity index (χ1n) is 5.97. The Bertz CT molecular complexity index is 331. The lowest BCUT2D eigenvalue weighted by Gasteiger charge is -2.33. The first-order chi connectivity index (χ1) is 7.57. The van der Waals surface area contributed by atoms with Crippen LogP contribution in [0.2, 0.25) is 0 Å². The summed E-state index contributed by atoms with van der Waals surface area (Å²) in [5, 5.41) is 0. The number of hydrogen-bond acceptors (Lipinski definition) is 2. The van der Waals surface area contributed by atoms with Gasteiger partial charge in [0.15, 0.2) is 0 Å². The summed E-state index contributed by atoms with van der Waals surface area (Å²) in [5.74, 6) is 0. The van der Waals surface area contributed by atoms with E-state index in [1.165, 1.54) is 5.56 Å². The lowest BCUT2D eigenvalue weighted by atomic mass is 9.87. The Morgan fingerprint density at radius 3 is 2.56 bits per heavy atom. The van der Waals surface area contributed by atoms with Crippen LogP contribution in [0.3, 0.4) is 0 Å². The van der Waals surface area contributed by atoms with Crippen molar-refractivity contribution in [2.45, 2.75) is 45.3 Å². The maximum atomic E-state index is 6.29. The first kappa shape index (κ1) is 13.2. The number of hydrogen-bond donors (Lipinski definition) is 1. The second-order valence-electron chi connectivity index (χ2n) is 4.45. The van der Waals surface area contributed by atoms with Crippen LogP contribution >= 0.6 is 0 Å². The van der Waals surface area contributed by atoms with Gasteiger partial charge in [0.1, 0.15) is 0 Å². The van der Waals surface area contributed by atoms with Gasteiger partial charge in [0.25, 0.3) is 0 Å². The molecule has 0 aliphatic carbocycles. The highest BCUT2D eigenvalue weighted by Gasteiger charge is 2.30. The molecule has 1 rings (SSSR count). The molecule has 90 valence electrons. The molecule has 2 unspecified atom stereocenters. The molecule has 0 aliphatic heterocycles. The number of rotatable bonds is 5. The Morgan fingerprint density at radius 1 is 1.38 bits per heavy atom. The van der Waals surface area contributed by atoms with Crippen LogP contribution in [0, 0.1) is 0 Å². The second kappa shape index (κ2) is 5.46. The molecule has 0 amide bonds. The molecule has 0 heterocycles. The normalized spacial score (nSPS) is 16.8. The molecule has 2 heteroatoms. The van der Waals surface area contributed by atoms with Crippen LogP contribution in [0.15, 0.2) is 24.3 Å². The topological polar surface area (TPSA) is 35.2 Å². The van der Waals surface area contributed by atoms with E-state index in [2.05, 4.69) is 45.0 Å². The fraction of sp³-hybridized carbons (Fsp3) is 0.571. The summed E-state index contributed by atoms with van der Waals surface area (Å²) < 4.78 is 5.55. The smallest absolute Gasteiger partial charge is 0.0839 e. The lowest BCUT2D eigenvalue weighted by molar-refractivity contribution is -0.0194. The van der Waals surface area contributed by atoms with Crippen LogP contribution < -0.4 is 5.73 Å². The van der Waals surface area contributed by atoms with Crippen LogP contribution in [0.4, 0.5) is 0 Å². The van der Waals surface area contributed by atoms with Crippen molar-refractivity contribution in [3.8, 4) is 0 Å². The van der Waals surface area contributed by atoms with Crippen molar-refractivity contribution < 1.29 is 4.74 Å². The van der Waals surface area contributed by atoms with E-state index >= 15 is 0 Å². The molecule has 2 atom stereocenters. The maximum absolute atomic E-state index is 6.29. The van der Waals surface area contributed by atoms with Crippen molar-refractivity contribution in [3.05, 3.63) is 35.4 Å². The van der Waals surface area contributed by atoms with Gasteiger partial charge in [-0.3, -0.25) is 0 Å². The van der Waals surface area contributed by atoms with Gasteiger partial charge in [0.2, 0.25) is 0 Å². The summed E-state index contributed by atoms with van der Waals surface area (Å²) >= 11 is 0. The van der Waals surface area contributed by atoms with Crippen LogP contribution in [0.25, 0.3) is 0 Å². The Morgan fingerprint density at radius 2 is 2.06 bits per heavy atom. The van der Waals surface area contributed by atoms with Crippen LogP contribution in [0.5, 0.6) is 0 Å². The Kier molecular flexibility index (Phi) is 4.51. The van der Waals surface area contributed by atoms with Gasteiger partial charge in [-0.25, -0.2) is 0 Å². The maximum Gasteiger partial charge on any atom is 0.0839 e. The van der Waals surface area contributed by atoms with Crippen molar-refractivity contribution in [1.29, 1.82) is 0 Å². The summed E-state index contributed by atoms with van der Waals surface area (Å²) in [6.45, 7) is 6.32. The van der Waals surface area contributed by atoms with Gasteiger partial charge in [-0.15, -0.1) is 0 Å². The monoisotopic (exact) mass is 221 g/mol. The highest BCUT2D eigenvalue weighted by atomic mass is 16.5. The zero-order chi connectivity index (χ0) is 12.2. The van der Waals surface area contributed by atoms with Crippen LogP contribution in [-0.2, 0) is 11.2 Å². The SMILES string of the molecule is CCc1cccc(C(N)C(C)(CC)OC)c1. The summed E-state index contributed by atoms with van der Waals surface area (Å²) in [5.41, 5.74) is 8.49. The van der Waals surface area contributed by atoms with Crippen LogP contribution in [0.1, 0.15) is 44.4 Å². The second-order valence-corrected chi connectivity index (χ2v) is 4.45. The van der Waals surface area contributed by atoms with E-state index in [9.17, 15) is 0 Å². The van der Waals surface area contributed by atoms with Crippen molar-refractivity contribution in [3.63, 3.8) is 0 Å². The van der Waals surface area contributed by atoms with Crippen molar-refractivity contribution >= 4 is 0 Å². The minimum atomic E-state index is -0.285. The summed E-state index contributed by atoms with van der Waals surface area (Å²) in [7, 11) is 1.73. The van der Waals surface area contributed by atoms with Gasteiger partial charge < -0.3 is 10.5 Å². The number of benzene rings is 1. The highest BCUT2D eigenvalue weighted by Crippen LogP contribution is 2.29. The number of aryl methyl sites for hydroxylation is 1. The fourth-order valence-corrected chi connectivity index (χ4v) is 1.85. The predicted molar refractivity (Wildman–Crippen MR) is 68.5 cm³/mol. The van der Waals surface area contributed by atoms with Gasteiger partial charge in [-0.1, -0.05) is 38.1 Å². The highest BCUT2D eigenvalue weighted by molar-refractivity contribution is 5.27. The number of ether oxygens (including phenoxy) is 1. The summed E-state index contributed by atoms with van der Waals surface area (Å²) in [6.07, 6.45) is 1.94. The zero-order valence-corrected chi connectivity index (χ0v) is 10.8. The standard InChI is InChI=1S/C14H23NO/c1-5-11-8-7-9-12(10-11)13(15)14(3,6-2)16-4/h7-10,13H,5-6,15H2,1-4H3. The molecular weight excluding hydrogens is 198 g/mol. The number of nitrogens with two attached hydrogens (primary N) is 1. The predicted octanol–water partition coefficient (Wildman–Crippen LogP) is 3.06. The largest absolute Gasteiger partial charge is 0.377 e. The molecule has 16 heavy (non-hydrogen) atoms. The molecule has 1 aromatic carbocycles. The molecule has 1 aromatic rings. The fourth-order valence-electron chi connectivity index (χ4n) is 1.85. The average Bonchev–Trinajstić information content (AvgIpc) is 2.37. The minimum absolute atomic E-state index is 0.0750. The lowest BCUT2D eigenvalue weighted by Crippen LogP contribution is -2.39. The average molecular weight is 221 g/mol. The third-order valence-electron chi connectivity index (χ3n) is 3.54. The molecule has 0 saturated carbocycles. The molecule has 0 bridgehead atoms. The van der Waals surface area contributed by atoms with Gasteiger partial charge >= 0.3 is 0 Å². The summed E-state index contributed by atoms with van der Waals surface area (Å²) in [4.78, 5) is 0. The zero-order valence-electron chi connectivity index (χ0n) is 10.8. The molecule has 0 aromatic heterocycles. The third kappa shape index (κ3) is 2.63. The Balaban J connectivity index is 2.98. The van der Waals surface area contributed by atoms with E-state index in [0.29, 0.717) is 0 Å². The molecule has 0 saturated heterocycles. The van der Waals surface area contributed by atoms with E-state index in [1.807, 2.05) is 0 Å². The summed E-state index contributed by atoms with van der Waals surface area (Å²) in [6, 6.07) is 8.38. The first-order valence-corrected chi connectivity index (χ1v) is 5.97. The number of methoxy groups -OCH3 is 1. The van der Waals surface area contributed by atoms with E-state index in [4.69, 9.17) is 10.5 Å². The van der Waals surface area contributed by atoms with Crippen molar-refractivity contribution in [2.75, 3.05) is 7.11 Å². The van der Waals surface area contributed by atoms with Gasteiger partial charge in [-0.2, -0.15) is 0 Å². The Labute approximate surface area is 98.8 Å². The van der Waals surface area contributed by atoms with E-state index in [0.717, 1.165) is 18.4 Å². The van der Waals surface area contributed by atoms with Crippen molar-refractivity contribution in [1.82, 2.24) is 0 Å². The molecule has 2 nitrogen and oxygen atoms in total. The third-order valence-corrected chi connectivity index (χ3v) is 3.54. The molecule has 2 N–H and O–H groups in total.